The molecular weight excluding hydrogens is 284 g/mol. The molecule has 116 valence electrons. The Balaban J connectivity index is 1.86. The zero-order chi connectivity index (χ0) is 15.8. The minimum Gasteiger partial charge on any atom is -0.497 e. The molecule has 0 N–H and O–H groups in total. The Labute approximate surface area is 129 Å². The van der Waals surface area contributed by atoms with Gasteiger partial charge in [-0.1, -0.05) is 0 Å². The highest BCUT2D eigenvalue weighted by Gasteiger charge is 2.05. The molecule has 2 rings (SSSR count). The lowest BCUT2D eigenvalue weighted by atomic mass is 10.2. The Morgan fingerprint density at radius 3 is 2.05 bits per heavy atom. The highest BCUT2D eigenvalue weighted by atomic mass is 16.5. The lowest BCUT2D eigenvalue weighted by Crippen LogP contribution is -2.10. The topological polar surface area (TPSA) is 54.0 Å². The number of methoxy groups -OCH3 is 2. The van der Waals surface area contributed by atoms with Crippen LogP contribution in [0.3, 0.4) is 0 Å². The summed E-state index contributed by atoms with van der Waals surface area (Å²) in [5.41, 5.74) is 0.477. The lowest BCUT2D eigenvalue weighted by Gasteiger charge is -2.11. The van der Waals surface area contributed by atoms with Crippen LogP contribution < -0.4 is 18.9 Å². The summed E-state index contributed by atoms with van der Waals surface area (Å²) in [5, 5.41) is 0. The standard InChI is InChI=1S/C17H18O5/c1-19-14-5-7-15(8-6-14)21-9-10-22-17-11-16(20-2)4-3-13(17)12-18/h3-8,11-12H,9-10H2,1-2H3. The van der Waals surface area contributed by atoms with Crippen LogP contribution in [0.25, 0.3) is 0 Å². The molecule has 2 aromatic rings. The van der Waals surface area contributed by atoms with Gasteiger partial charge in [0.1, 0.15) is 36.2 Å². The Hall–Kier alpha value is -2.69. The van der Waals surface area contributed by atoms with Crippen LogP contribution in [0.5, 0.6) is 23.0 Å². The van der Waals surface area contributed by atoms with Crippen molar-refractivity contribution < 1.29 is 23.7 Å². The van der Waals surface area contributed by atoms with Crippen molar-refractivity contribution in [2.75, 3.05) is 27.4 Å². The van der Waals surface area contributed by atoms with Crippen molar-refractivity contribution in [2.24, 2.45) is 0 Å². The molecule has 0 aliphatic heterocycles. The van der Waals surface area contributed by atoms with E-state index in [1.54, 1.807) is 32.4 Å². The van der Waals surface area contributed by atoms with Gasteiger partial charge in [-0.15, -0.1) is 0 Å². The van der Waals surface area contributed by atoms with Gasteiger partial charge in [0, 0.05) is 6.07 Å². The predicted octanol–water partition coefficient (Wildman–Crippen LogP) is 2.97. The first-order chi connectivity index (χ1) is 10.8. The van der Waals surface area contributed by atoms with E-state index in [4.69, 9.17) is 18.9 Å². The van der Waals surface area contributed by atoms with E-state index < -0.39 is 0 Å². The fourth-order valence-electron chi connectivity index (χ4n) is 1.85. The van der Waals surface area contributed by atoms with Crippen molar-refractivity contribution in [3.8, 4) is 23.0 Å². The van der Waals surface area contributed by atoms with Gasteiger partial charge < -0.3 is 18.9 Å². The molecule has 0 spiro atoms. The summed E-state index contributed by atoms with van der Waals surface area (Å²) in [6.45, 7) is 0.682. The largest absolute Gasteiger partial charge is 0.497 e. The smallest absolute Gasteiger partial charge is 0.153 e. The van der Waals surface area contributed by atoms with E-state index in [0.717, 1.165) is 17.8 Å². The van der Waals surface area contributed by atoms with E-state index in [9.17, 15) is 4.79 Å². The summed E-state index contributed by atoms with van der Waals surface area (Å²) in [5.74, 6) is 2.62. The van der Waals surface area contributed by atoms with E-state index in [1.807, 2.05) is 24.3 Å². The van der Waals surface area contributed by atoms with Crippen molar-refractivity contribution in [1.29, 1.82) is 0 Å². The van der Waals surface area contributed by atoms with Crippen LogP contribution in [0.1, 0.15) is 10.4 Å². The van der Waals surface area contributed by atoms with Crippen molar-refractivity contribution in [3.05, 3.63) is 48.0 Å². The molecule has 0 aliphatic carbocycles. The Morgan fingerprint density at radius 1 is 0.818 bits per heavy atom. The molecule has 0 aromatic heterocycles. The number of rotatable bonds is 8. The van der Waals surface area contributed by atoms with Gasteiger partial charge in [0.05, 0.1) is 19.8 Å². The SMILES string of the molecule is COc1ccc(OCCOc2cc(OC)ccc2C=O)cc1. The first-order valence-corrected chi connectivity index (χ1v) is 6.79. The average Bonchev–Trinajstić information content (AvgIpc) is 2.59. The van der Waals surface area contributed by atoms with Crippen LogP contribution in [0.2, 0.25) is 0 Å². The summed E-state index contributed by atoms with van der Waals surface area (Å²) < 4.78 is 21.3. The molecule has 5 nitrogen and oxygen atoms in total. The molecule has 0 heterocycles. The molecule has 0 fully saturated rings. The summed E-state index contributed by atoms with van der Waals surface area (Å²) >= 11 is 0. The normalized spacial score (nSPS) is 9.91. The highest BCUT2D eigenvalue weighted by molar-refractivity contribution is 5.79. The summed E-state index contributed by atoms with van der Waals surface area (Å²) in [6.07, 6.45) is 0.749. The van der Waals surface area contributed by atoms with Crippen LogP contribution in [0, 0.1) is 0 Å². The molecule has 5 heteroatoms. The molecular formula is C17H18O5. The molecule has 0 bridgehead atoms. The van der Waals surface area contributed by atoms with Crippen LogP contribution in [-0.4, -0.2) is 33.7 Å². The average molecular weight is 302 g/mol. The first kappa shape index (κ1) is 15.7. The van der Waals surface area contributed by atoms with Crippen molar-refractivity contribution in [2.45, 2.75) is 0 Å². The van der Waals surface area contributed by atoms with E-state index in [1.165, 1.54) is 0 Å². The van der Waals surface area contributed by atoms with Crippen molar-refractivity contribution in [1.82, 2.24) is 0 Å². The molecule has 2 aromatic carbocycles. The van der Waals surface area contributed by atoms with Gasteiger partial charge in [-0.05, 0) is 36.4 Å². The molecule has 0 atom stereocenters. The number of carbonyl (C=O) groups excluding carboxylic acids is 1. The van der Waals surface area contributed by atoms with Gasteiger partial charge in [-0.3, -0.25) is 4.79 Å². The maximum Gasteiger partial charge on any atom is 0.153 e. The second kappa shape index (κ2) is 7.93. The maximum atomic E-state index is 11.0. The number of hydrogen-bond donors (Lipinski definition) is 0. The quantitative estimate of drug-likeness (QED) is 0.554. The van der Waals surface area contributed by atoms with Crippen LogP contribution in [0.15, 0.2) is 42.5 Å². The third kappa shape index (κ3) is 4.15. The Kier molecular flexibility index (Phi) is 5.65. The van der Waals surface area contributed by atoms with Crippen molar-refractivity contribution in [3.63, 3.8) is 0 Å². The van der Waals surface area contributed by atoms with Gasteiger partial charge in [-0.2, -0.15) is 0 Å². The van der Waals surface area contributed by atoms with E-state index in [0.29, 0.717) is 30.3 Å². The number of ether oxygens (including phenoxy) is 4. The maximum absolute atomic E-state index is 11.0. The monoisotopic (exact) mass is 302 g/mol. The minimum atomic E-state index is 0.319. The summed E-state index contributed by atoms with van der Waals surface area (Å²) in [4.78, 5) is 11.0. The van der Waals surface area contributed by atoms with Gasteiger partial charge in [0.15, 0.2) is 6.29 Å². The number of aldehydes is 1. The minimum absolute atomic E-state index is 0.319. The third-order valence-corrected chi connectivity index (χ3v) is 3.02. The third-order valence-electron chi connectivity index (χ3n) is 3.02. The summed E-state index contributed by atoms with van der Waals surface area (Å²) in [7, 11) is 3.18. The van der Waals surface area contributed by atoms with Gasteiger partial charge in [-0.25, -0.2) is 0 Å². The zero-order valence-corrected chi connectivity index (χ0v) is 12.6. The Bertz CT molecular complexity index is 607. The summed E-state index contributed by atoms with van der Waals surface area (Å²) in [6, 6.07) is 12.3. The molecule has 0 saturated carbocycles. The van der Waals surface area contributed by atoms with E-state index in [2.05, 4.69) is 0 Å². The number of benzene rings is 2. The second-order valence-electron chi connectivity index (χ2n) is 4.39. The van der Waals surface area contributed by atoms with Gasteiger partial charge >= 0.3 is 0 Å². The predicted molar refractivity (Wildman–Crippen MR) is 82.4 cm³/mol. The zero-order valence-electron chi connectivity index (χ0n) is 12.6. The highest BCUT2D eigenvalue weighted by Crippen LogP contribution is 2.23. The second-order valence-corrected chi connectivity index (χ2v) is 4.39. The molecule has 0 radical (unpaired) electrons. The van der Waals surface area contributed by atoms with Crippen LogP contribution in [0.4, 0.5) is 0 Å². The number of hydrogen-bond acceptors (Lipinski definition) is 5. The van der Waals surface area contributed by atoms with E-state index >= 15 is 0 Å². The van der Waals surface area contributed by atoms with Crippen molar-refractivity contribution >= 4 is 6.29 Å². The van der Waals surface area contributed by atoms with Gasteiger partial charge in [0.25, 0.3) is 0 Å². The van der Waals surface area contributed by atoms with E-state index in [-0.39, 0.29) is 0 Å². The molecule has 0 amide bonds. The fraction of sp³-hybridized carbons (Fsp3) is 0.235. The van der Waals surface area contributed by atoms with Crippen LogP contribution >= 0.6 is 0 Å². The molecule has 0 saturated heterocycles. The van der Waals surface area contributed by atoms with Crippen LogP contribution in [-0.2, 0) is 0 Å². The fourth-order valence-corrected chi connectivity index (χ4v) is 1.85. The molecule has 0 aliphatic rings. The number of carbonyl (C=O) groups is 1. The molecule has 0 unspecified atom stereocenters. The first-order valence-electron chi connectivity index (χ1n) is 6.79. The lowest BCUT2D eigenvalue weighted by molar-refractivity contribution is 0.111. The Morgan fingerprint density at radius 2 is 1.41 bits per heavy atom. The molecule has 22 heavy (non-hydrogen) atoms. The van der Waals surface area contributed by atoms with Gasteiger partial charge in [0.2, 0.25) is 0 Å².